The van der Waals surface area contributed by atoms with Gasteiger partial charge in [0.05, 0.1) is 5.92 Å². The number of likely N-dealkylation sites (tertiary alicyclic amines) is 1. The van der Waals surface area contributed by atoms with Crippen molar-refractivity contribution in [3.05, 3.63) is 22.7 Å². The van der Waals surface area contributed by atoms with Crippen LogP contribution in [0.5, 0.6) is 0 Å². The summed E-state index contributed by atoms with van der Waals surface area (Å²) in [5, 5.41) is 8.08. The molecule has 0 bridgehead atoms. The van der Waals surface area contributed by atoms with Crippen molar-refractivity contribution in [1.29, 1.82) is 0 Å². The Morgan fingerprint density at radius 3 is 3.18 bits per heavy atom. The first-order chi connectivity index (χ1) is 10.7. The van der Waals surface area contributed by atoms with Gasteiger partial charge in [-0.15, -0.1) is 0 Å². The number of rotatable bonds is 4. The Bertz CT molecular complexity index is 623. The summed E-state index contributed by atoms with van der Waals surface area (Å²) in [7, 11) is 0. The molecule has 0 unspecified atom stereocenters. The van der Waals surface area contributed by atoms with Gasteiger partial charge in [0.2, 0.25) is 17.6 Å². The minimum absolute atomic E-state index is 0.0859. The van der Waals surface area contributed by atoms with Crippen LogP contribution in [0.25, 0.3) is 11.4 Å². The highest BCUT2D eigenvalue weighted by atomic mass is 32.1. The van der Waals surface area contributed by atoms with Gasteiger partial charge in [-0.2, -0.15) is 16.3 Å². The molecular weight excluding hydrogens is 298 g/mol. The summed E-state index contributed by atoms with van der Waals surface area (Å²) in [6.07, 6.45) is 2.86. The van der Waals surface area contributed by atoms with Gasteiger partial charge < -0.3 is 9.42 Å². The second-order valence-electron chi connectivity index (χ2n) is 5.90. The Kier molecular flexibility index (Phi) is 4.57. The maximum Gasteiger partial charge on any atom is 0.231 e. The van der Waals surface area contributed by atoms with Crippen molar-refractivity contribution in [2.24, 2.45) is 5.92 Å². The number of thiophene rings is 1. The fourth-order valence-corrected chi connectivity index (χ4v) is 3.41. The van der Waals surface area contributed by atoms with E-state index in [-0.39, 0.29) is 17.7 Å². The van der Waals surface area contributed by atoms with Crippen LogP contribution in [0, 0.1) is 5.92 Å². The maximum atomic E-state index is 12.4. The van der Waals surface area contributed by atoms with Crippen molar-refractivity contribution < 1.29 is 9.32 Å². The second kappa shape index (κ2) is 6.60. The van der Waals surface area contributed by atoms with Crippen LogP contribution in [0.4, 0.5) is 0 Å². The summed E-state index contributed by atoms with van der Waals surface area (Å²) in [6, 6.07) is 1.99. The molecule has 0 spiro atoms. The van der Waals surface area contributed by atoms with Crippen LogP contribution in [-0.4, -0.2) is 34.0 Å². The predicted octanol–water partition coefficient (Wildman–Crippen LogP) is 3.55. The van der Waals surface area contributed by atoms with E-state index in [2.05, 4.69) is 17.1 Å². The highest BCUT2D eigenvalue weighted by molar-refractivity contribution is 7.08. The number of nitrogens with zero attached hydrogens (tertiary/aromatic N) is 3. The van der Waals surface area contributed by atoms with Crippen LogP contribution in [0.1, 0.15) is 44.9 Å². The minimum Gasteiger partial charge on any atom is -0.342 e. The van der Waals surface area contributed by atoms with Crippen molar-refractivity contribution >= 4 is 17.2 Å². The molecule has 2 aromatic rings. The smallest absolute Gasteiger partial charge is 0.231 e. The Morgan fingerprint density at radius 2 is 2.45 bits per heavy atom. The fraction of sp³-hybridized carbons (Fsp3) is 0.562. The molecule has 1 fully saturated rings. The van der Waals surface area contributed by atoms with Crippen LogP contribution in [0.2, 0.25) is 0 Å². The number of hydrogen-bond donors (Lipinski definition) is 0. The van der Waals surface area contributed by atoms with Gasteiger partial charge >= 0.3 is 0 Å². The van der Waals surface area contributed by atoms with Crippen molar-refractivity contribution in [2.45, 2.75) is 39.0 Å². The molecule has 0 aromatic carbocycles. The van der Waals surface area contributed by atoms with Gasteiger partial charge in [0.15, 0.2) is 0 Å². The van der Waals surface area contributed by atoms with E-state index >= 15 is 0 Å². The van der Waals surface area contributed by atoms with Crippen LogP contribution in [0.15, 0.2) is 21.3 Å². The van der Waals surface area contributed by atoms with E-state index in [0.29, 0.717) is 18.3 Å². The van der Waals surface area contributed by atoms with E-state index in [1.165, 1.54) is 0 Å². The molecule has 0 radical (unpaired) electrons. The Balaban J connectivity index is 1.71. The molecule has 6 heteroatoms. The summed E-state index contributed by atoms with van der Waals surface area (Å²) in [6.45, 7) is 5.57. The standard InChI is InChI=1S/C16H21N3O2S/c1-3-11(2)16(20)19-7-4-5-12(9-19)15-17-14(18-21-15)13-6-8-22-10-13/h6,8,10-12H,3-5,7,9H2,1-2H3/t11-,12-/m0/s1. The lowest BCUT2D eigenvalue weighted by molar-refractivity contribution is -0.136. The summed E-state index contributed by atoms with van der Waals surface area (Å²) < 4.78 is 5.45. The molecule has 0 N–H and O–H groups in total. The van der Waals surface area contributed by atoms with Crippen molar-refractivity contribution in [3.8, 4) is 11.4 Å². The Hall–Kier alpha value is -1.69. The molecule has 3 rings (SSSR count). The van der Waals surface area contributed by atoms with Gasteiger partial charge in [-0.05, 0) is 30.7 Å². The number of amides is 1. The third-order valence-corrected chi connectivity index (χ3v) is 5.02. The molecule has 5 nitrogen and oxygen atoms in total. The highest BCUT2D eigenvalue weighted by Gasteiger charge is 2.30. The molecule has 1 aliphatic rings. The van der Waals surface area contributed by atoms with Crippen molar-refractivity contribution in [1.82, 2.24) is 15.0 Å². The quantitative estimate of drug-likeness (QED) is 0.864. The van der Waals surface area contributed by atoms with Crippen LogP contribution in [0.3, 0.4) is 0 Å². The predicted molar refractivity (Wildman–Crippen MR) is 85.6 cm³/mol. The molecule has 2 aromatic heterocycles. The molecule has 1 aliphatic heterocycles. The zero-order valence-corrected chi connectivity index (χ0v) is 13.8. The van der Waals surface area contributed by atoms with Gasteiger partial charge in [0.1, 0.15) is 0 Å². The second-order valence-corrected chi connectivity index (χ2v) is 6.68. The van der Waals surface area contributed by atoms with Gasteiger partial charge in [0, 0.05) is 30.0 Å². The highest BCUT2D eigenvalue weighted by Crippen LogP contribution is 2.29. The average molecular weight is 319 g/mol. The number of carbonyl (C=O) groups is 1. The number of hydrogen-bond acceptors (Lipinski definition) is 5. The fourth-order valence-electron chi connectivity index (χ4n) is 2.78. The minimum atomic E-state index is 0.0859. The number of piperidine rings is 1. The average Bonchev–Trinajstić information content (AvgIpc) is 3.24. The summed E-state index contributed by atoms with van der Waals surface area (Å²) in [5.74, 6) is 1.78. The normalized spacial score (nSPS) is 20.1. The van der Waals surface area contributed by atoms with Crippen molar-refractivity contribution in [2.75, 3.05) is 13.1 Å². The third kappa shape index (κ3) is 3.06. The SMILES string of the molecule is CC[C@H](C)C(=O)N1CCC[C@H](c2nc(-c3ccsc3)no2)C1. The van der Waals surface area contributed by atoms with E-state index in [1.807, 2.05) is 28.7 Å². The Morgan fingerprint density at radius 1 is 1.59 bits per heavy atom. The molecule has 1 saturated heterocycles. The van der Waals surface area contributed by atoms with Crippen LogP contribution >= 0.6 is 11.3 Å². The Labute approximate surface area is 134 Å². The first kappa shape index (κ1) is 15.2. The van der Waals surface area contributed by atoms with Gasteiger partial charge in [-0.25, -0.2) is 0 Å². The van der Waals surface area contributed by atoms with E-state index in [1.54, 1.807) is 11.3 Å². The molecular formula is C16H21N3O2S. The molecule has 0 saturated carbocycles. The number of aromatic nitrogens is 2. The molecule has 1 amide bonds. The van der Waals surface area contributed by atoms with Crippen LogP contribution < -0.4 is 0 Å². The summed E-state index contributed by atoms with van der Waals surface area (Å²) >= 11 is 1.61. The lowest BCUT2D eigenvalue weighted by atomic mass is 9.96. The lowest BCUT2D eigenvalue weighted by Gasteiger charge is -2.32. The maximum absolute atomic E-state index is 12.4. The molecule has 3 heterocycles. The van der Waals surface area contributed by atoms with Gasteiger partial charge in [0.25, 0.3) is 0 Å². The monoisotopic (exact) mass is 319 g/mol. The third-order valence-electron chi connectivity index (χ3n) is 4.34. The van der Waals surface area contributed by atoms with Gasteiger partial charge in [-0.1, -0.05) is 19.0 Å². The largest absolute Gasteiger partial charge is 0.342 e. The van der Waals surface area contributed by atoms with E-state index in [0.717, 1.165) is 31.4 Å². The lowest BCUT2D eigenvalue weighted by Crippen LogP contribution is -2.41. The first-order valence-corrected chi connectivity index (χ1v) is 8.78. The summed E-state index contributed by atoms with van der Waals surface area (Å²) in [5.41, 5.74) is 0.989. The van der Waals surface area contributed by atoms with E-state index in [4.69, 9.17) is 4.52 Å². The van der Waals surface area contributed by atoms with E-state index in [9.17, 15) is 4.79 Å². The first-order valence-electron chi connectivity index (χ1n) is 7.84. The molecule has 22 heavy (non-hydrogen) atoms. The zero-order valence-electron chi connectivity index (χ0n) is 13.0. The molecule has 118 valence electrons. The zero-order chi connectivity index (χ0) is 15.5. The molecule has 2 atom stereocenters. The topological polar surface area (TPSA) is 59.2 Å². The number of carbonyl (C=O) groups excluding carboxylic acids is 1. The van der Waals surface area contributed by atoms with Gasteiger partial charge in [-0.3, -0.25) is 4.79 Å². The summed E-state index contributed by atoms with van der Waals surface area (Å²) in [4.78, 5) is 18.8. The van der Waals surface area contributed by atoms with Crippen molar-refractivity contribution in [3.63, 3.8) is 0 Å². The van der Waals surface area contributed by atoms with Crippen LogP contribution in [-0.2, 0) is 4.79 Å². The van der Waals surface area contributed by atoms with E-state index < -0.39 is 0 Å². The molecule has 0 aliphatic carbocycles.